The van der Waals surface area contributed by atoms with Crippen LogP contribution in [0.1, 0.15) is 13.8 Å². The molecule has 1 aliphatic rings. The summed E-state index contributed by atoms with van der Waals surface area (Å²) in [5, 5.41) is 7.58. The first-order valence-electron chi connectivity index (χ1n) is 6.91. The molecule has 1 fully saturated rings. The van der Waals surface area contributed by atoms with Crippen molar-refractivity contribution in [2.45, 2.75) is 13.8 Å². The smallest absolute Gasteiger partial charge is 0.245 e. The molecule has 0 atom stereocenters. The summed E-state index contributed by atoms with van der Waals surface area (Å²) < 4.78 is 10.1. The Hall–Kier alpha value is -1.96. The fourth-order valence-corrected chi connectivity index (χ4v) is 2.34. The summed E-state index contributed by atoms with van der Waals surface area (Å²) in [5.41, 5.74) is 0.895. The molecule has 0 N–H and O–H groups in total. The van der Waals surface area contributed by atoms with Crippen LogP contribution in [0.4, 0.5) is 11.6 Å². The molecule has 1 saturated heterocycles. The van der Waals surface area contributed by atoms with Gasteiger partial charge in [-0.1, -0.05) is 0 Å². The van der Waals surface area contributed by atoms with Crippen LogP contribution >= 0.6 is 0 Å². The van der Waals surface area contributed by atoms with E-state index in [2.05, 4.69) is 43.9 Å². The van der Waals surface area contributed by atoms with Gasteiger partial charge in [-0.05, 0) is 24.2 Å². The number of rotatable bonds is 4. The second-order valence-corrected chi connectivity index (χ2v) is 4.55. The van der Waals surface area contributed by atoms with E-state index in [4.69, 9.17) is 9.37 Å². The first-order chi connectivity index (χ1) is 9.83. The molecule has 2 aromatic rings. The Bertz CT molecular complexity index is 576. The number of aromatic nitrogens is 4. The monoisotopic (exact) mass is 278 g/mol. The van der Waals surface area contributed by atoms with E-state index in [1.165, 1.54) is 0 Å². The number of ether oxygens (including phenoxy) is 1. The van der Waals surface area contributed by atoms with Gasteiger partial charge in [0.2, 0.25) is 11.3 Å². The number of anilines is 2. The lowest BCUT2D eigenvalue weighted by Gasteiger charge is -2.31. The first-order valence-corrected chi connectivity index (χ1v) is 6.91. The van der Waals surface area contributed by atoms with E-state index in [-0.39, 0.29) is 0 Å². The highest BCUT2D eigenvalue weighted by molar-refractivity contribution is 5.74. The molecule has 2 aromatic heterocycles. The third kappa shape index (κ3) is 2.26. The van der Waals surface area contributed by atoms with Crippen molar-refractivity contribution in [1.29, 1.82) is 0 Å². The molecular weight excluding hydrogens is 260 g/mol. The average molecular weight is 278 g/mol. The van der Waals surface area contributed by atoms with Gasteiger partial charge in [0.05, 0.1) is 13.2 Å². The third-order valence-corrected chi connectivity index (χ3v) is 3.45. The molecule has 0 radical (unpaired) electrons. The Balaban J connectivity index is 2.07. The Kier molecular flexibility index (Phi) is 3.64. The second kappa shape index (κ2) is 5.58. The molecule has 0 saturated carbocycles. The highest BCUT2D eigenvalue weighted by atomic mass is 16.6. The summed E-state index contributed by atoms with van der Waals surface area (Å²) in [6.07, 6.45) is 0. The van der Waals surface area contributed by atoms with Crippen LogP contribution < -0.4 is 9.80 Å². The maximum atomic E-state index is 5.40. The first kappa shape index (κ1) is 13.0. The number of nitrogens with zero attached hydrogens (tertiary/aromatic N) is 6. The predicted octanol–water partition coefficient (Wildman–Crippen LogP) is 0.696. The Morgan fingerprint density at radius 1 is 1.05 bits per heavy atom. The molecule has 3 heterocycles. The minimum Gasteiger partial charge on any atom is -0.378 e. The quantitative estimate of drug-likeness (QED) is 0.808. The lowest BCUT2D eigenvalue weighted by Crippen LogP contribution is -2.38. The topological polar surface area (TPSA) is 80.4 Å². The lowest BCUT2D eigenvalue weighted by atomic mass is 10.3. The van der Waals surface area contributed by atoms with Gasteiger partial charge in [0.25, 0.3) is 0 Å². The van der Waals surface area contributed by atoms with Gasteiger partial charge in [-0.2, -0.15) is 0 Å². The molecule has 8 nitrogen and oxygen atoms in total. The summed E-state index contributed by atoms with van der Waals surface area (Å²) >= 11 is 0. The Morgan fingerprint density at radius 2 is 1.70 bits per heavy atom. The summed E-state index contributed by atoms with van der Waals surface area (Å²) in [7, 11) is 0. The summed E-state index contributed by atoms with van der Waals surface area (Å²) in [6.45, 7) is 8.93. The molecular formula is C12H18N6O2. The van der Waals surface area contributed by atoms with Crippen molar-refractivity contribution >= 4 is 22.9 Å². The molecule has 1 aliphatic heterocycles. The summed E-state index contributed by atoms with van der Waals surface area (Å²) in [6, 6.07) is 0. The molecule has 8 heteroatoms. The van der Waals surface area contributed by atoms with Gasteiger partial charge < -0.3 is 14.5 Å². The van der Waals surface area contributed by atoms with Crippen molar-refractivity contribution in [3.05, 3.63) is 0 Å². The maximum absolute atomic E-state index is 5.40. The highest BCUT2D eigenvalue weighted by Gasteiger charge is 2.22. The Labute approximate surface area is 116 Å². The minimum atomic E-state index is 0.447. The lowest BCUT2D eigenvalue weighted by molar-refractivity contribution is 0.122. The van der Waals surface area contributed by atoms with E-state index in [9.17, 15) is 0 Å². The standard InChI is InChI=1S/C12H18N6O2/c1-3-17(4-2)11-12(18-5-7-19-8-6-18)14-10-9(13-11)15-20-16-10/h3-8H2,1-2H3. The fraction of sp³-hybridized carbons (Fsp3) is 0.667. The minimum absolute atomic E-state index is 0.447. The number of morpholine rings is 1. The van der Waals surface area contributed by atoms with Gasteiger partial charge >= 0.3 is 0 Å². The van der Waals surface area contributed by atoms with Crippen LogP contribution in [-0.2, 0) is 4.74 Å². The molecule has 0 unspecified atom stereocenters. The molecule has 0 aliphatic carbocycles. The molecule has 0 spiro atoms. The zero-order valence-corrected chi connectivity index (χ0v) is 11.7. The molecule has 0 amide bonds. The fourth-order valence-electron chi connectivity index (χ4n) is 2.34. The van der Waals surface area contributed by atoms with Crippen LogP contribution in [0.15, 0.2) is 4.63 Å². The van der Waals surface area contributed by atoms with Crippen molar-refractivity contribution in [3.63, 3.8) is 0 Å². The summed E-state index contributed by atoms with van der Waals surface area (Å²) in [5.74, 6) is 1.67. The van der Waals surface area contributed by atoms with E-state index < -0.39 is 0 Å². The van der Waals surface area contributed by atoms with Crippen LogP contribution in [0.5, 0.6) is 0 Å². The number of hydrogen-bond acceptors (Lipinski definition) is 8. The number of hydrogen-bond donors (Lipinski definition) is 0. The van der Waals surface area contributed by atoms with E-state index in [1.54, 1.807) is 0 Å². The van der Waals surface area contributed by atoms with Gasteiger partial charge in [-0.3, -0.25) is 0 Å². The maximum Gasteiger partial charge on any atom is 0.245 e. The van der Waals surface area contributed by atoms with Crippen molar-refractivity contribution in [1.82, 2.24) is 20.3 Å². The van der Waals surface area contributed by atoms with Crippen molar-refractivity contribution in [3.8, 4) is 0 Å². The third-order valence-electron chi connectivity index (χ3n) is 3.45. The molecule has 3 rings (SSSR count). The van der Waals surface area contributed by atoms with Crippen LogP contribution in [0.2, 0.25) is 0 Å². The second-order valence-electron chi connectivity index (χ2n) is 4.55. The molecule has 0 bridgehead atoms. The van der Waals surface area contributed by atoms with Gasteiger partial charge in [0.15, 0.2) is 11.6 Å². The Morgan fingerprint density at radius 3 is 2.35 bits per heavy atom. The van der Waals surface area contributed by atoms with E-state index >= 15 is 0 Å². The van der Waals surface area contributed by atoms with Gasteiger partial charge in [0.1, 0.15) is 0 Å². The van der Waals surface area contributed by atoms with Crippen LogP contribution in [0, 0.1) is 0 Å². The van der Waals surface area contributed by atoms with E-state index in [0.29, 0.717) is 24.5 Å². The van der Waals surface area contributed by atoms with Gasteiger partial charge in [-0.25, -0.2) is 14.6 Å². The zero-order chi connectivity index (χ0) is 13.9. The SMILES string of the molecule is CCN(CC)c1nc2nonc2nc1N1CCOCC1. The normalized spacial score (nSPS) is 15.8. The van der Waals surface area contributed by atoms with Crippen LogP contribution in [-0.4, -0.2) is 59.7 Å². The van der Waals surface area contributed by atoms with E-state index in [0.717, 1.165) is 37.8 Å². The highest BCUT2D eigenvalue weighted by Crippen LogP contribution is 2.27. The average Bonchev–Trinajstić information content (AvgIpc) is 2.96. The molecule has 20 heavy (non-hydrogen) atoms. The largest absolute Gasteiger partial charge is 0.378 e. The zero-order valence-electron chi connectivity index (χ0n) is 11.7. The van der Waals surface area contributed by atoms with E-state index in [1.807, 2.05) is 0 Å². The number of fused-ring (bicyclic) bond motifs is 1. The van der Waals surface area contributed by atoms with Gasteiger partial charge in [0, 0.05) is 26.2 Å². The van der Waals surface area contributed by atoms with Crippen LogP contribution in [0.25, 0.3) is 11.3 Å². The van der Waals surface area contributed by atoms with Crippen LogP contribution in [0.3, 0.4) is 0 Å². The molecule has 0 aromatic carbocycles. The van der Waals surface area contributed by atoms with Crippen molar-refractivity contribution in [2.75, 3.05) is 49.2 Å². The summed E-state index contributed by atoms with van der Waals surface area (Å²) in [4.78, 5) is 13.5. The van der Waals surface area contributed by atoms with Crippen molar-refractivity contribution in [2.24, 2.45) is 0 Å². The molecule has 108 valence electrons. The van der Waals surface area contributed by atoms with Gasteiger partial charge in [-0.15, -0.1) is 0 Å². The predicted molar refractivity (Wildman–Crippen MR) is 74.0 cm³/mol. The van der Waals surface area contributed by atoms with Crippen molar-refractivity contribution < 1.29 is 9.37 Å².